The van der Waals surface area contributed by atoms with Crippen LogP contribution in [-0.2, 0) is 0 Å². The molecule has 104 valence electrons. The monoisotopic (exact) mass is 390 g/mol. The molecule has 0 bridgehead atoms. The third kappa shape index (κ3) is 3.61. The average molecular weight is 392 g/mol. The van der Waals surface area contributed by atoms with Crippen molar-refractivity contribution in [2.24, 2.45) is 10.9 Å². The number of amidine groups is 1. The van der Waals surface area contributed by atoms with E-state index >= 15 is 0 Å². The molecule has 0 amide bonds. The van der Waals surface area contributed by atoms with Gasteiger partial charge in [0.2, 0.25) is 0 Å². The molecule has 0 atom stereocenters. The van der Waals surface area contributed by atoms with Gasteiger partial charge in [-0.2, -0.15) is 0 Å². The van der Waals surface area contributed by atoms with E-state index in [2.05, 4.69) is 21.1 Å². The summed E-state index contributed by atoms with van der Waals surface area (Å²) in [6.45, 7) is 0. The normalized spacial score (nSPS) is 11.7. The second-order valence-electron chi connectivity index (χ2n) is 3.81. The fourth-order valence-corrected chi connectivity index (χ4v) is 3.31. The minimum Gasteiger partial charge on any atom is -0.409 e. The van der Waals surface area contributed by atoms with Crippen molar-refractivity contribution >= 4 is 56.7 Å². The van der Waals surface area contributed by atoms with E-state index in [1.54, 1.807) is 24.3 Å². The van der Waals surface area contributed by atoms with Crippen LogP contribution in [0.1, 0.15) is 5.56 Å². The summed E-state index contributed by atoms with van der Waals surface area (Å²) in [4.78, 5) is 1.95. The van der Waals surface area contributed by atoms with E-state index in [1.165, 1.54) is 11.8 Å². The molecule has 20 heavy (non-hydrogen) atoms. The molecule has 0 unspecified atom stereocenters. The molecule has 0 aliphatic carbocycles. The van der Waals surface area contributed by atoms with Gasteiger partial charge in [-0.25, -0.2) is 0 Å². The maximum Gasteiger partial charge on any atom is 0.170 e. The molecule has 2 rings (SSSR count). The Morgan fingerprint density at radius 1 is 1.15 bits per heavy atom. The molecule has 0 spiro atoms. The van der Waals surface area contributed by atoms with Crippen LogP contribution in [0.5, 0.6) is 0 Å². The molecule has 3 nitrogen and oxygen atoms in total. The Balaban J connectivity index is 2.28. The predicted octanol–water partition coefficient (Wildman–Crippen LogP) is 5.00. The summed E-state index contributed by atoms with van der Waals surface area (Å²) in [6.07, 6.45) is 0. The van der Waals surface area contributed by atoms with Crippen LogP contribution in [0.25, 0.3) is 0 Å². The number of rotatable bonds is 3. The summed E-state index contributed by atoms with van der Waals surface area (Å²) < 4.78 is 0.845. The molecule has 0 radical (unpaired) electrons. The van der Waals surface area contributed by atoms with Gasteiger partial charge in [0, 0.05) is 19.8 Å². The Morgan fingerprint density at radius 3 is 2.50 bits per heavy atom. The number of oxime groups is 1. The summed E-state index contributed by atoms with van der Waals surface area (Å²) in [7, 11) is 0. The maximum atomic E-state index is 8.66. The molecule has 7 heteroatoms. The van der Waals surface area contributed by atoms with Gasteiger partial charge in [0.15, 0.2) is 5.84 Å². The van der Waals surface area contributed by atoms with Gasteiger partial charge in [0.25, 0.3) is 0 Å². The lowest BCUT2D eigenvalue weighted by atomic mass is 10.2. The second kappa shape index (κ2) is 6.72. The summed E-state index contributed by atoms with van der Waals surface area (Å²) in [5.41, 5.74) is 6.18. The van der Waals surface area contributed by atoms with Crippen LogP contribution in [0.3, 0.4) is 0 Å². The third-order valence-corrected chi connectivity index (χ3v) is 5.18. The molecule has 0 saturated heterocycles. The van der Waals surface area contributed by atoms with Gasteiger partial charge in [-0.3, -0.25) is 0 Å². The smallest absolute Gasteiger partial charge is 0.170 e. The summed E-state index contributed by atoms with van der Waals surface area (Å²) in [5.74, 6) is 0.0665. The van der Waals surface area contributed by atoms with Crippen molar-refractivity contribution in [3.8, 4) is 0 Å². The molecule has 3 N–H and O–H groups in total. The molecular formula is C13H9BrCl2N2OS. The quantitative estimate of drug-likeness (QED) is 0.335. The molecule has 0 fully saturated rings. The zero-order valence-electron chi connectivity index (χ0n) is 9.98. The van der Waals surface area contributed by atoms with Crippen molar-refractivity contribution in [2.45, 2.75) is 9.79 Å². The van der Waals surface area contributed by atoms with Gasteiger partial charge in [-0.15, -0.1) is 0 Å². The van der Waals surface area contributed by atoms with Crippen molar-refractivity contribution in [2.75, 3.05) is 0 Å². The zero-order chi connectivity index (χ0) is 14.7. The molecule has 2 aromatic rings. The molecule has 0 aliphatic heterocycles. The maximum absolute atomic E-state index is 8.66. The van der Waals surface area contributed by atoms with E-state index in [4.69, 9.17) is 34.1 Å². The summed E-state index contributed by atoms with van der Waals surface area (Å²) in [5, 5.41) is 12.7. The van der Waals surface area contributed by atoms with Crippen molar-refractivity contribution in [1.82, 2.24) is 0 Å². The number of hydrogen-bond acceptors (Lipinski definition) is 3. The highest BCUT2D eigenvalue weighted by Gasteiger charge is 2.07. The second-order valence-corrected chi connectivity index (χ2v) is 6.59. The Labute approximate surface area is 138 Å². The number of benzene rings is 2. The third-order valence-electron chi connectivity index (χ3n) is 2.45. The van der Waals surface area contributed by atoms with E-state index in [0.717, 1.165) is 14.3 Å². The minimum atomic E-state index is 0.0665. The SMILES string of the molecule is N/C(=N/O)c1ccc(Sc2ccc(Cl)c(Cl)c2)c(Br)c1. The Hall–Kier alpha value is -0.880. The topological polar surface area (TPSA) is 58.6 Å². The van der Waals surface area contributed by atoms with E-state index in [0.29, 0.717) is 15.6 Å². The largest absolute Gasteiger partial charge is 0.409 e. The molecular weight excluding hydrogens is 383 g/mol. The standard InChI is InChI=1S/C13H9BrCl2N2OS/c14-9-5-7(13(17)18-19)1-4-12(9)20-8-2-3-10(15)11(16)6-8/h1-6,19H,(H2,17,18). The Bertz CT molecular complexity index is 679. The fraction of sp³-hybridized carbons (Fsp3) is 0. The lowest BCUT2D eigenvalue weighted by Crippen LogP contribution is -2.12. The van der Waals surface area contributed by atoms with E-state index < -0.39 is 0 Å². The van der Waals surface area contributed by atoms with Gasteiger partial charge in [-0.05, 0) is 52.3 Å². The van der Waals surface area contributed by atoms with Crippen molar-refractivity contribution in [3.05, 3.63) is 56.5 Å². The van der Waals surface area contributed by atoms with Gasteiger partial charge in [0.1, 0.15) is 0 Å². The first-order chi connectivity index (χ1) is 9.51. The fourth-order valence-electron chi connectivity index (χ4n) is 1.47. The van der Waals surface area contributed by atoms with Crippen LogP contribution in [0.4, 0.5) is 0 Å². The number of hydrogen-bond donors (Lipinski definition) is 2. The average Bonchev–Trinajstić information content (AvgIpc) is 2.44. The van der Waals surface area contributed by atoms with E-state index in [-0.39, 0.29) is 5.84 Å². The summed E-state index contributed by atoms with van der Waals surface area (Å²) in [6, 6.07) is 10.9. The Kier molecular flexibility index (Phi) is 5.21. The van der Waals surface area contributed by atoms with Crippen LogP contribution in [0.15, 0.2) is 55.8 Å². The van der Waals surface area contributed by atoms with Crippen molar-refractivity contribution in [3.63, 3.8) is 0 Å². The molecule has 2 aromatic carbocycles. The first-order valence-corrected chi connectivity index (χ1v) is 7.78. The Morgan fingerprint density at radius 2 is 1.90 bits per heavy atom. The van der Waals surface area contributed by atoms with Crippen LogP contribution >= 0.6 is 50.9 Å². The zero-order valence-corrected chi connectivity index (χ0v) is 13.9. The first kappa shape index (κ1) is 15.5. The highest BCUT2D eigenvalue weighted by Crippen LogP contribution is 2.36. The highest BCUT2D eigenvalue weighted by molar-refractivity contribution is 9.10. The number of halogens is 3. The van der Waals surface area contributed by atoms with Crippen LogP contribution in [0, 0.1) is 0 Å². The van der Waals surface area contributed by atoms with Gasteiger partial charge < -0.3 is 10.9 Å². The van der Waals surface area contributed by atoms with Gasteiger partial charge in [-0.1, -0.05) is 40.1 Å². The molecule has 0 aliphatic rings. The van der Waals surface area contributed by atoms with Gasteiger partial charge in [0.05, 0.1) is 10.0 Å². The van der Waals surface area contributed by atoms with Crippen LogP contribution < -0.4 is 5.73 Å². The van der Waals surface area contributed by atoms with Crippen molar-refractivity contribution < 1.29 is 5.21 Å². The molecule has 0 aromatic heterocycles. The van der Waals surface area contributed by atoms with Crippen LogP contribution in [0.2, 0.25) is 10.0 Å². The lowest BCUT2D eigenvalue weighted by Gasteiger charge is -2.07. The predicted molar refractivity (Wildman–Crippen MR) is 87.2 cm³/mol. The highest BCUT2D eigenvalue weighted by atomic mass is 79.9. The minimum absolute atomic E-state index is 0.0665. The van der Waals surface area contributed by atoms with E-state index in [9.17, 15) is 0 Å². The van der Waals surface area contributed by atoms with E-state index in [1.807, 2.05) is 12.1 Å². The molecule has 0 saturated carbocycles. The number of nitrogens with zero attached hydrogens (tertiary/aromatic N) is 1. The summed E-state index contributed by atoms with van der Waals surface area (Å²) >= 11 is 16.9. The van der Waals surface area contributed by atoms with Crippen LogP contribution in [-0.4, -0.2) is 11.0 Å². The van der Waals surface area contributed by atoms with Gasteiger partial charge >= 0.3 is 0 Å². The van der Waals surface area contributed by atoms with Crippen molar-refractivity contribution in [1.29, 1.82) is 0 Å². The molecule has 0 heterocycles. The number of nitrogens with two attached hydrogens (primary N) is 1. The first-order valence-electron chi connectivity index (χ1n) is 5.41. The lowest BCUT2D eigenvalue weighted by molar-refractivity contribution is 0.318.